The summed E-state index contributed by atoms with van der Waals surface area (Å²) in [6.45, 7) is 0.260. The molecular weight excluding hydrogens is 435 g/mol. The molecule has 0 atom stereocenters. The summed E-state index contributed by atoms with van der Waals surface area (Å²) in [5, 5.41) is 16.2. The van der Waals surface area contributed by atoms with Crippen molar-refractivity contribution in [2.75, 3.05) is 13.3 Å². The molecule has 13 heteroatoms. The summed E-state index contributed by atoms with van der Waals surface area (Å²) < 4.78 is 20.5. The average Bonchev–Trinajstić information content (AvgIpc) is 3.46. The molecule has 33 heavy (non-hydrogen) atoms. The first kappa shape index (κ1) is 20.4. The smallest absolute Gasteiger partial charge is 0.276 e. The number of azo groups is 1. The molecule has 0 aliphatic carbocycles. The van der Waals surface area contributed by atoms with Gasteiger partial charge in [0.1, 0.15) is 23.7 Å². The summed E-state index contributed by atoms with van der Waals surface area (Å²) in [6.07, 6.45) is 1.16. The highest BCUT2D eigenvalue weighted by atomic mass is 19.1. The third-order valence-corrected chi connectivity index (χ3v) is 4.92. The highest BCUT2D eigenvalue weighted by molar-refractivity contribution is 6.06. The number of amides is 2. The molecule has 2 N–H and O–H groups in total. The molecule has 12 nitrogen and oxygen atoms in total. The molecule has 0 spiro atoms. The van der Waals surface area contributed by atoms with E-state index in [1.54, 1.807) is 18.2 Å². The summed E-state index contributed by atoms with van der Waals surface area (Å²) in [5.74, 6) is -1.53. The zero-order valence-corrected chi connectivity index (χ0v) is 16.9. The van der Waals surface area contributed by atoms with Crippen LogP contribution in [0.25, 0.3) is 5.65 Å². The number of halogens is 1. The van der Waals surface area contributed by atoms with Crippen LogP contribution in [0.5, 0.6) is 5.75 Å². The fraction of sp³-hybridized carbons (Fsp3) is 0.200. The lowest BCUT2D eigenvalue weighted by Crippen LogP contribution is -2.31. The normalized spacial score (nSPS) is 14.6. The van der Waals surface area contributed by atoms with Crippen LogP contribution in [-0.4, -0.2) is 51.4 Å². The van der Waals surface area contributed by atoms with Crippen LogP contribution in [0, 0.1) is 5.82 Å². The van der Waals surface area contributed by atoms with E-state index in [1.165, 1.54) is 6.07 Å². The van der Waals surface area contributed by atoms with Gasteiger partial charge in [0.2, 0.25) is 5.96 Å². The lowest BCUT2D eigenvalue weighted by atomic mass is 10.0. The largest absolute Gasteiger partial charge is 0.486 e. The number of Topliss-reactive ketones (excluding diaryl/α,β-unsaturated/α-hetero) is 1. The van der Waals surface area contributed by atoms with E-state index >= 15 is 0 Å². The molecule has 2 aliphatic rings. The van der Waals surface area contributed by atoms with E-state index < -0.39 is 17.6 Å². The molecule has 0 unspecified atom stereocenters. The number of nitrogens with zero attached hydrogens (tertiary/aromatic N) is 6. The summed E-state index contributed by atoms with van der Waals surface area (Å²) in [4.78, 5) is 44.9. The van der Waals surface area contributed by atoms with Gasteiger partial charge in [-0.15, -0.1) is 5.11 Å². The molecule has 2 amide bonds. The van der Waals surface area contributed by atoms with Crippen LogP contribution in [0.4, 0.5) is 4.39 Å². The third kappa shape index (κ3) is 4.03. The van der Waals surface area contributed by atoms with Crippen LogP contribution in [0.1, 0.15) is 32.1 Å². The maximum Gasteiger partial charge on any atom is 0.276 e. The van der Waals surface area contributed by atoms with Crippen LogP contribution in [0.15, 0.2) is 45.7 Å². The first-order valence-corrected chi connectivity index (χ1v) is 9.80. The fourth-order valence-corrected chi connectivity index (χ4v) is 3.39. The number of fused-ring (bicyclic) bond motifs is 2. The molecular formula is C20H15FN8O4. The molecule has 5 rings (SSSR count). The Morgan fingerprint density at radius 3 is 2.91 bits per heavy atom. The van der Waals surface area contributed by atoms with Gasteiger partial charge in [0.05, 0.1) is 6.20 Å². The number of ether oxygens (including phenoxy) is 1. The quantitative estimate of drug-likeness (QED) is 0.600. The maximum absolute atomic E-state index is 14.2. The Labute approximate surface area is 184 Å². The summed E-state index contributed by atoms with van der Waals surface area (Å²) in [6, 6.07) is 6.46. The minimum atomic E-state index is -0.795. The number of guanidine groups is 1. The van der Waals surface area contributed by atoms with Crippen LogP contribution in [-0.2, 0) is 17.8 Å². The summed E-state index contributed by atoms with van der Waals surface area (Å²) >= 11 is 0. The Morgan fingerprint density at radius 2 is 2.09 bits per heavy atom. The number of hydrogen-bond donors (Lipinski definition) is 2. The molecule has 0 saturated heterocycles. The van der Waals surface area contributed by atoms with Gasteiger partial charge in [0.15, 0.2) is 23.9 Å². The van der Waals surface area contributed by atoms with Crippen LogP contribution < -0.4 is 15.4 Å². The molecule has 0 saturated carbocycles. The van der Waals surface area contributed by atoms with Gasteiger partial charge >= 0.3 is 0 Å². The van der Waals surface area contributed by atoms with Crippen molar-refractivity contribution in [3.05, 3.63) is 58.8 Å². The topological polar surface area (TPSA) is 152 Å². The van der Waals surface area contributed by atoms with E-state index in [9.17, 15) is 18.8 Å². The predicted molar refractivity (Wildman–Crippen MR) is 109 cm³/mol. The van der Waals surface area contributed by atoms with Crippen molar-refractivity contribution < 1.29 is 23.5 Å². The number of hydrogen-bond acceptors (Lipinski definition) is 9. The van der Waals surface area contributed by atoms with Gasteiger partial charge in [-0.1, -0.05) is 6.07 Å². The van der Waals surface area contributed by atoms with Crippen molar-refractivity contribution >= 4 is 29.2 Å². The first-order chi connectivity index (χ1) is 16.0. The van der Waals surface area contributed by atoms with Crippen molar-refractivity contribution in [2.45, 2.75) is 13.0 Å². The Balaban J connectivity index is 1.37. The van der Waals surface area contributed by atoms with E-state index in [2.05, 4.69) is 35.9 Å². The fourth-order valence-electron chi connectivity index (χ4n) is 3.39. The highest BCUT2D eigenvalue weighted by Crippen LogP contribution is 2.24. The van der Waals surface area contributed by atoms with Gasteiger partial charge in [-0.3, -0.25) is 19.7 Å². The van der Waals surface area contributed by atoms with Crippen molar-refractivity contribution in [2.24, 2.45) is 15.2 Å². The molecule has 1 aromatic carbocycles. The van der Waals surface area contributed by atoms with Crippen molar-refractivity contribution in [3.63, 3.8) is 0 Å². The lowest BCUT2D eigenvalue weighted by molar-refractivity contribution is -0.121. The second-order valence-corrected chi connectivity index (χ2v) is 7.20. The minimum absolute atomic E-state index is 0.00142. The van der Waals surface area contributed by atoms with E-state index in [-0.39, 0.29) is 55.0 Å². The maximum atomic E-state index is 14.2. The first-order valence-electron chi connectivity index (χ1n) is 9.80. The zero-order valence-electron chi connectivity index (χ0n) is 16.9. The zero-order chi connectivity index (χ0) is 22.9. The van der Waals surface area contributed by atoms with Crippen molar-refractivity contribution in [1.82, 2.24) is 25.2 Å². The van der Waals surface area contributed by atoms with Gasteiger partial charge in [-0.2, -0.15) is 10.2 Å². The lowest BCUT2D eigenvalue weighted by Gasteiger charge is -2.17. The molecule has 0 radical (unpaired) electrons. The number of ketones is 1. The number of carbonyl (C=O) groups excluding carboxylic acids is 3. The van der Waals surface area contributed by atoms with Gasteiger partial charge in [-0.05, 0) is 17.7 Å². The number of aliphatic imine (C=N–C) groups is 1. The van der Waals surface area contributed by atoms with E-state index in [0.717, 1.165) is 21.8 Å². The number of nitrogens with one attached hydrogen (secondary N) is 2. The molecule has 4 heterocycles. The van der Waals surface area contributed by atoms with Crippen LogP contribution in [0.2, 0.25) is 0 Å². The SMILES string of the molecule is O=C1COc2ccc(CNC(=O)c3cc(C(=O)NC4=NCN=N4)n4ncc(F)c4n3)cc2C1. The Hall–Kier alpha value is -4.55. The van der Waals surface area contributed by atoms with Gasteiger partial charge < -0.3 is 10.1 Å². The van der Waals surface area contributed by atoms with Crippen molar-refractivity contribution in [3.8, 4) is 5.75 Å². The van der Waals surface area contributed by atoms with E-state index in [4.69, 9.17) is 4.74 Å². The molecule has 0 fully saturated rings. The summed E-state index contributed by atoms with van der Waals surface area (Å²) in [7, 11) is 0. The predicted octanol–water partition coefficient (Wildman–Crippen LogP) is 0.811. The Kier molecular flexibility index (Phi) is 5.05. The number of carbonyl (C=O) groups is 3. The number of benzene rings is 1. The highest BCUT2D eigenvalue weighted by Gasteiger charge is 2.22. The van der Waals surface area contributed by atoms with Gasteiger partial charge in [0.25, 0.3) is 11.8 Å². The van der Waals surface area contributed by atoms with Crippen LogP contribution >= 0.6 is 0 Å². The second kappa shape index (κ2) is 8.18. The van der Waals surface area contributed by atoms with Crippen molar-refractivity contribution in [1.29, 1.82) is 0 Å². The Morgan fingerprint density at radius 1 is 1.21 bits per heavy atom. The molecule has 2 aliphatic heterocycles. The third-order valence-electron chi connectivity index (χ3n) is 4.92. The minimum Gasteiger partial charge on any atom is -0.486 e. The number of rotatable bonds is 4. The monoisotopic (exact) mass is 450 g/mol. The van der Waals surface area contributed by atoms with Gasteiger partial charge in [0, 0.05) is 24.6 Å². The molecule has 166 valence electrons. The van der Waals surface area contributed by atoms with E-state index in [0.29, 0.717) is 5.75 Å². The van der Waals surface area contributed by atoms with Crippen LogP contribution in [0.3, 0.4) is 0 Å². The molecule has 2 aromatic heterocycles. The van der Waals surface area contributed by atoms with E-state index in [1.807, 2.05) is 0 Å². The molecule has 3 aromatic rings. The Bertz CT molecular complexity index is 1380. The number of aromatic nitrogens is 3. The average molecular weight is 450 g/mol. The second-order valence-electron chi connectivity index (χ2n) is 7.20. The molecule has 0 bridgehead atoms. The van der Waals surface area contributed by atoms with Gasteiger partial charge in [-0.25, -0.2) is 18.9 Å². The summed E-state index contributed by atoms with van der Waals surface area (Å²) in [5.41, 5.74) is 0.874. The standard InChI is InChI=1S/C20H15FN8O4/c21-13-7-25-29-15(19(32)27-20-23-9-24-28-20)5-14(26-17(13)29)18(31)22-6-10-1-2-16-11(3-10)4-12(30)8-33-16/h1-3,5,7H,4,6,8-9H2,(H,22,31)(H,23,27,32).